The summed E-state index contributed by atoms with van der Waals surface area (Å²) in [6.07, 6.45) is 3.34. The molecule has 0 spiro atoms. The zero-order chi connectivity index (χ0) is 34.2. The maximum Gasteiger partial charge on any atom is 0.254 e. The number of benzene rings is 1. The topological polar surface area (TPSA) is 115 Å². The number of ether oxygens (including phenoxy) is 1. The average Bonchev–Trinajstić information content (AvgIpc) is 3.61. The third-order valence-corrected chi connectivity index (χ3v) is 9.72. The van der Waals surface area contributed by atoms with E-state index in [9.17, 15) is 14.0 Å². The lowest BCUT2D eigenvalue weighted by Gasteiger charge is -2.27. The van der Waals surface area contributed by atoms with Crippen molar-refractivity contribution in [1.82, 2.24) is 35.1 Å². The molecule has 13 heteroatoms. The van der Waals surface area contributed by atoms with Crippen LogP contribution >= 0.6 is 0 Å². The number of piperidine rings is 1. The van der Waals surface area contributed by atoms with Gasteiger partial charge in [0.25, 0.3) is 5.91 Å². The maximum atomic E-state index is 16.0. The molecule has 0 saturated carbocycles. The molecule has 10 nitrogen and oxygen atoms in total. The monoisotopic (exact) mass is 667 g/mol. The van der Waals surface area contributed by atoms with E-state index in [2.05, 4.69) is 16.0 Å². The zero-order valence-corrected chi connectivity index (χ0v) is 28.0. The molecule has 3 N–H and O–H groups in total. The highest BCUT2D eigenvalue weighted by Crippen LogP contribution is 2.34. The van der Waals surface area contributed by atoms with E-state index in [1.807, 2.05) is 43.5 Å². The molecule has 2 aliphatic rings. The van der Waals surface area contributed by atoms with Crippen molar-refractivity contribution in [3.8, 4) is 11.5 Å². The van der Waals surface area contributed by atoms with Gasteiger partial charge < -0.3 is 29.8 Å². The Balaban J connectivity index is 1.46. The highest BCUT2D eigenvalue weighted by atomic mass is 19.2. The van der Waals surface area contributed by atoms with Gasteiger partial charge >= 0.3 is 0 Å². The molecule has 0 aliphatic carbocycles. The molecule has 1 aromatic carbocycles. The average molecular weight is 668 g/mol. The van der Waals surface area contributed by atoms with Crippen molar-refractivity contribution < 1.29 is 27.5 Å². The number of pyridine rings is 1. The molecular weight excluding hydrogens is 623 g/mol. The first-order valence-corrected chi connectivity index (χ1v) is 16.8. The van der Waals surface area contributed by atoms with Crippen LogP contribution in [0.25, 0.3) is 33.6 Å². The van der Waals surface area contributed by atoms with E-state index in [0.717, 1.165) is 37.5 Å². The predicted molar refractivity (Wildman–Crippen MR) is 177 cm³/mol. The minimum atomic E-state index is -1.32. The van der Waals surface area contributed by atoms with Gasteiger partial charge in [0, 0.05) is 37.5 Å². The second-order valence-electron chi connectivity index (χ2n) is 13.7. The Morgan fingerprint density at radius 3 is 2.69 bits per heavy atom. The van der Waals surface area contributed by atoms with Crippen molar-refractivity contribution >= 4 is 33.9 Å². The minimum Gasteiger partial charge on any atom is -0.383 e. The van der Waals surface area contributed by atoms with Gasteiger partial charge in [-0.05, 0) is 57.0 Å². The van der Waals surface area contributed by atoms with Gasteiger partial charge in [0.15, 0.2) is 17.5 Å². The van der Waals surface area contributed by atoms with E-state index < -0.39 is 40.7 Å². The summed E-state index contributed by atoms with van der Waals surface area (Å²) in [5, 5.41) is 9.50. The van der Waals surface area contributed by atoms with Crippen LogP contribution in [0.4, 0.5) is 13.2 Å². The number of aryl methyl sites for hydroxylation is 1. The summed E-state index contributed by atoms with van der Waals surface area (Å²) in [6.45, 7) is 7.51. The van der Waals surface area contributed by atoms with Gasteiger partial charge in [0.2, 0.25) is 5.91 Å². The number of amides is 2. The molecular formula is C35H44F3N7O3. The maximum absolute atomic E-state index is 16.0. The number of methoxy groups -OCH3 is 1. The molecule has 48 heavy (non-hydrogen) atoms. The summed E-state index contributed by atoms with van der Waals surface area (Å²) in [5.41, 5.74) is 1.03. The first kappa shape index (κ1) is 33.9. The molecule has 3 aromatic heterocycles. The Morgan fingerprint density at radius 1 is 1.12 bits per heavy atom. The van der Waals surface area contributed by atoms with E-state index in [0.29, 0.717) is 35.9 Å². The summed E-state index contributed by atoms with van der Waals surface area (Å²) >= 11 is 0. The molecule has 2 aliphatic heterocycles. The second kappa shape index (κ2) is 13.9. The number of nitrogens with one attached hydrogen (secondary N) is 3. The van der Waals surface area contributed by atoms with E-state index in [-0.39, 0.29) is 49.1 Å². The highest BCUT2D eigenvalue weighted by Gasteiger charge is 2.31. The Bertz CT molecular complexity index is 1840. The summed E-state index contributed by atoms with van der Waals surface area (Å²) in [6, 6.07) is 5.80. The lowest BCUT2D eigenvalue weighted by Crippen LogP contribution is -2.52. The number of nitrogens with zero attached hydrogens (tertiary/aromatic N) is 4. The Labute approximate surface area is 277 Å². The Kier molecular flexibility index (Phi) is 9.80. The molecule has 0 radical (unpaired) electrons. The van der Waals surface area contributed by atoms with Gasteiger partial charge in [-0.15, -0.1) is 0 Å². The molecule has 5 heterocycles. The fraction of sp³-hybridized carbons (Fsp3) is 0.543. The lowest BCUT2D eigenvalue weighted by molar-refractivity contribution is -0.130. The molecule has 2 bridgehead atoms. The van der Waals surface area contributed by atoms with E-state index in [1.165, 1.54) is 13.2 Å². The molecule has 1 fully saturated rings. The molecule has 6 rings (SSSR count). The second-order valence-corrected chi connectivity index (χ2v) is 13.7. The Morgan fingerprint density at radius 2 is 1.92 bits per heavy atom. The number of hydrogen-bond acceptors (Lipinski definition) is 6. The zero-order valence-electron chi connectivity index (χ0n) is 28.0. The summed E-state index contributed by atoms with van der Waals surface area (Å²) in [4.78, 5) is 36.1. The molecule has 0 unspecified atom stereocenters. The van der Waals surface area contributed by atoms with Crippen LogP contribution in [-0.2, 0) is 22.6 Å². The highest BCUT2D eigenvalue weighted by molar-refractivity contribution is 5.99. The molecule has 258 valence electrons. The molecule has 4 aromatic rings. The predicted octanol–water partition coefficient (Wildman–Crippen LogP) is 5.57. The number of carbonyl (C=O) groups excluding carboxylic acids is 2. The summed E-state index contributed by atoms with van der Waals surface area (Å²) < 4.78 is 55.0. The number of imidazole rings is 1. The number of hydrogen-bond donors (Lipinski definition) is 3. The van der Waals surface area contributed by atoms with Crippen LogP contribution in [-0.4, -0.2) is 69.9 Å². The number of carbonyl (C=O) groups is 2. The van der Waals surface area contributed by atoms with Crippen LogP contribution in [0.1, 0.15) is 81.4 Å². The fourth-order valence-electron chi connectivity index (χ4n) is 6.77. The van der Waals surface area contributed by atoms with Crippen molar-refractivity contribution in [3.63, 3.8) is 0 Å². The van der Waals surface area contributed by atoms with E-state index >= 15 is 8.78 Å². The number of alkyl halides is 1. The van der Waals surface area contributed by atoms with Gasteiger partial charge in [0.05, 0.1) is 41.2 Å². The Hall–Kier alpha value is -3.97. The lowest BCUT2D eigenvalue weighted by atomic mass is 9.85. The van der Waals surface area contributed by atoms with Crippen molar-refractivity contribution in [2.24, 2.45) is 5.41 Å². The van der Waals surface area contributed by atoms with Crippen molar-refractivity contribution in [3.05, 3.63) is 47.2 Å². The normalized spacial score (nSPS) is 22.1. The van der Waals surface area contributed by atoms with E-state index in [4.69, 9.17) is 14.7 Å². The number of halogens is 3. The van der Waals surface area contributed by atoms with Gasteiger partial charge in [-0.1, -0.05) is 33.1 Å². The SMILES string of the molecule is COCCn1c(-c2cc3ccc4nc3n2CCCCCCC(C)(C)C(=O)N[C@@H]4C)nc2cc(C(=O)N[C@H]3CNCC[C@@H]3F)c(F)c(F)c21. The van der Waals surface area contributed by atoms with Gasteiger partial charge in [-0.25, -0.2) is 23.1 Å². The standard InChI is InChI=1S/C35H44F3N7O3/c1-20-24-10-9-21-17-27(44(31(21)41-24)14-8-6-5-7-12-35(2,3)34(47)40-20)32-42-25-18-22(33(46)43-26-19-39-13-11-23(26)36)28(37)29(38)30(25)45(32)15-16-48-4/h9-10,17-18,20,23,26,39H,5-8,11-16,19H2,1-4H3,(H,40,47)(H,43,46)/t20-,23+,26+/m1/s1. The largest absolute Gasteiger partial charge is 0.383 e. The number of aromatic nitrogens is 4. The molecule has 1 saturated heterocycles. The van der Waals surface area contributed by atoms with E-state index in [1.54, 1.807) is 4.57 Å². The van der Waals surface area contributed by atoms with Crippen LogP contribution in [0, 0.1) is 17.0 Å². The summed E-state index contributed by atoms with van der Waals surface area (Å²) in [7, 11) is 1.52. The van der Waals surface area contributed by atoms with Gasteiger partial charge in [0.1, 0.15) is 17.3 Å². The van der Waals surface area contributed by atoms with Crippen LogP contribution in [0.5, 0.6) is 0 Å². The van der Waals surface area contributed by atoms with Crippen molar-refractivity contribution in [1.29, 1.82) is 0 Å². The van der Waals surface area contributed by atoms with Crippen LogP contribution in [0.3, 0.4) is 0 Å². The van der Waals surface area contributed by atoms with Crippen molar-refractivity contribution in [2.75, 3.05) is 26.8 Å². The molecule has 2 amide bonds. The van der Waals surface area contributed by atoms with Gasteiger partial charge in [-0.3, -0.25) is 9.59 Å². The number of rotatable bonds is 6. The van der Waals surface area contributed by atoms with Crippen molar-refractivity contribution in [2.45, 2.75) is 90.6 Å². The first-order chi connectivity index (χ1) is 23.0. The number of fused-ring (bicyclic) bond motifs is 2. The summed E-state index contributed by atoms with van der Waals surface area (Å²) in [5.74, 6) is -3.07. The first-order valence-electron chi connectivity index (χ1n) is 16.8. The minimum absolute atomic E-state index is 0.0147. The quantitative estimate of drug-likeness (QED) is 0.248. The third-order valence-electron chi connectivity index (χ3n) is 9.72. The van der Waals surface area contributed by atoms with Crippen LogP contribution < -0.4 is 16.0 Å². The van der Waals surface area contributed by atoms with Gasteiger partial charge in [-0.2, -0.15) is 0 Å². The molecule has 3 atom stereocenters. The van der Waals surface area contributed by atoms with Crippen LogP contribution in [0.15, 0.2) is 24.3 Å². The third kappa shape index (κ3) is 6.54. The smallest absolute Gasteiger partial charge is 0.254 e. The fourth-order valence-corrected chi connectivity index (χ4v) is 6.77. The van der Waals surface area contributed by atoms with Crippen LogP contribution in [0.2, 0.25) is 0 Å².